The van der Waals surface area contributed by atoms with Gasteiger partial charge in [-0.3, -0.25) is 9.59 Å². The van der Waals surface area contributed by atoms with Gasteiger partial charge in [-0.2, -0.15) is 0 Å². The standard InChI is InChI=1S/C15H23N3O2/c1-10(2)13-16-11(3)12(14(19)17-13)15(20)18-8-6-4-5-7-9-18/h10H,4-9H2,1-3H3,(H,16,17,19). The second-order valence-corrected chi connectivity index (χ2v) is 5.77. The lowest BCUT2D eigenvalue weighted by molar-refractivity contribution is 0.0758. The molecular weight excluding hydrogens is 254 g/mol. The Bertz CT molecular complexity index is 541. The zero-order chi connectivity index (χ0) is 14.7. The van der Waals surface area contributed by atoms with Crippen LogP contribution in [0.15, 0.2) is 4.79 Å². The van der Waals surface area contributed by atoms with Gasteiger partial charge in [0, 0.05) is 19.0 Å². The van der Waals surface area contributed by atoms with Crippen molar-refractivity contribution in [3.8, 4) is 0 Å². The lowest BCUT2D eigenvalue weighted by atomic mass is 10.1. The van der Waals surface area contributed by atoms with Gasteiger partial charge in [0.05, 0.1) is 5.69 Å². The first-order valence-corrected chi connectivity index (χ1v) is 7.40. The highest BCUT2D eigenvalue weighted by molar-refractivity contribution is 5.94. The molecule has 1 N–H and O–H groups in total. The molecule has 2 rings (SSSR count). The number of hydrogen-bond donors (Lipinski definition) is 1. The molecule has 0 radical (unpaired) electrons. The van der Waals surface area contributed by atoms with Gasteiger partial charge >= 0.3 is 0 Å². The summed E-state index contributed by atoms with van der Waals surface area (Å²) >= 11 is 0. The highest BCUT2D eigenvalue weighted by Gasteiger charge is 2.23. The van der Waals surface area contributed by atoms with Crippen LogP contribution in [-0.2, 0) is 0 Å². The summed E-state index contributed by atoms with van der Waals surface area (Å²) in [5, 5.41) is 0. The van der Waals surface area contributed by atoms with Crippen molar-refractivity contribution in [3.63, 3.8) is 0 Å². The summed E-state index contributed by atoms with van der Waals surface area (Å²) in [7, 11) is 0. The topological polar surface area (TPSA) is 66.1 Å². The lowest BCUT2D eigenvalue weighted by Gasteiger charge is -2.20. The smallest absolute Gasteiger partial charge is 0.264 e. The van der Waals surface area contributed by atoms with Crippen LogP contribution in [0.1, 0.15) is 67.3 Å². The molecule has 0 saturated carbocycles. The van der Waals surface area contributed by atoms with Crippen LogP contribution in [0.25, 0.3) is 0 Å². The fourth-order valence-electron chi connectivity index (χ4n) is 2.56. The number of rotatable bonds is 2. The molecule has 0 unspecified atom stereocenters. The van der Waals surface area contributed by atoms with Gasteiger partial charge in [0.2, 0.25) is 0 Å². The number of carbonyl (C=O) groups is 1. The molecule has 5 nitrogen and oxygen atoms in total. The molecule has 1 amide bonds. The van der Waals surface area contributed by atoms with Gasteiger partial charge in [0.1, 0.15) is 11.4 Å². The molecule has 1 fully saturated rings. The minimum Gasteiger partial charge on any atom is -0.338 e. The molecule has 1 aliphatic rings. The quantitative estimate of drug-likeness (QED) is 0.901. The van der Waals surface area contributed by atoms with Crippen LogP contribution in [0.4, 0.5) is 0 Å². The Hall–Kier alpha value is -1.65. The third kappa shape index (κ3) is 3.08. The van der Waals surface area contributed by atoms with E-state index in [9.17, 15) is 9.59 Å². The molecule has 2 heterocycles. The van der Waals surface area contributed by atoms with Gasteiger partial charge in [-0.1, -0.05) is 26.7 Å². The maximum absolute atomic E-state index is 12.5. The van der Waals surface area contributed by atoms with E-state index in [1.807, 2.05) is 13.8 Å². The fourth-order valence-corrected chi connectivity index (χ4v) is 2.56. The average molecular weight is 277 g/mol. The SMILES string of the molecule is Cc1nc(C(C)C)[nH]c(=O)c1C(=O)N1CCCCCC1. The second-order valence-electron chi connectivity index (χ2n) is 5.77. The number of aryl methyl sites for hydroxylation is 1. The van der Waals surface area contributed by atoms with E-state index in [0.29, 0.717) is 11.5 Å². The maximum atomic E-state index is 12.5. The van der Waals surface area contributed by atoms with E-state index in [2.05, 4.69) is 9.97 Å². The Kier molecular flexibility index (Phi) is 4.57. The van der Waals surface area contributed by atoms with Crippen molar-refractivity contribution in [2.24, 2.45) is 0 Å². The fraction of sp³-hybridized carbons (Fsp3) is 0.667. The van der Waals surface area contributed by atoms with Crippen LogP contribution in [0.2, 0.25) is 0 Å². The van der Waals surface area contributed by atoms with Crippen LogP contribution in [0, 0.1) is 6.92 Å². The summed E-state index contributed by atoms with van der Waals surface area (Å²) < 4.78 is 0. The Labute approximate surface area is 119 Å². The number of carbonyl (C=O) groups excluding carboxylic acids is 1. The molecule has 110 valence electrons. The summed E-state index contributed by atoms with van der Waals surface area (Å²) in [6.07, 6.45) is 4.34. The van der Waals surface area contributed by atoms with Crippen molar-refractivity contribution < 1.29 is 4.79 Å². The molecular formula is C15H23N3O2. The van der Waals surface area contributed by atoms with E-state index in [1.165, 1.54) is 0 Å². The van der Waals surface area contributed by atoms with Crippen LogP contribution in [0.5, 0.6) is 0 Å². The number of nitrogens with zero attached hydrogens (tertiary/aromatic N) is 2. The van der Waals surface area contributed by atoms with E-state index in [1.54, 1.807) is 11.8 Å². The Morgan fingerprint density at radius 3 is 2.30 bits per heavy atom. The number of nitrogens with one attached hydrogen (secondary N) is 1. The molecule has 5 heteroatoms. The zero-order valence-corrected chi connectivity index (χ0v) is 12.5. The maximum Gasteiger partial charge on any atom is 0.264 e. The van der Waals surface area contributed by atoms with Crippen molar-refractivity contribution >= 4 is 5.91 Å². The normalized spacial score (nSPS) is 16.3. The predicted molar refractivity (Wildman–Crippen MR) is 78.1 cm³/mol. The molecule has 0 aliphatic carbocycles. The Balaban J connectivity index is 2.32. The van der Waals surface area contributed by atoms with Crippen LogP contribution in [-0.4, -0.2) is 33.9 Å². The number of H-pyrrole nitrogens is 1. The van der Waals surface area contributed by atoms with Crippen molar-refractivity contribution in [3.05, 3.63) is 27.4 Å². The van der Waals surface area contributed by atoms with E-state index in [4.69, 9.17) is 0 Å². The highest BCUT2D eigenvalue weighted by Crippen LogP contribution is 2.14. The largest absolute Gasteiger partial charge is 0.338 e. The minimum atomic E-state index is -0.310. The predicted octanol–water partition coefficient (Wildman–Crippen LogP) is 2.22. The third-order valence-corrected chi connectivity index (χ3v) is 3.77. The van der Waals surface area contributed by atoms with Crippen LogP contribution < -0.4 is 5.56 Å². The van der Waals surface area contributed by atoms with Gasteiger partial charge in [-0.15, -0.1) is 0 Å². The molecule has 0 atom stereocenters. The number of aromatic nitrogens is 2. The molecule has 0 spiro atoms. The number of hydrogen-bond acceptors (Lipinski definition) is 3. The van der Waals surface area contributed by atoms with E-state index in [-0.39, 0.29) is 22.9 Å². The summed E-state index contributed by atoms with van der Waals surface area (Å²) in [6.45, 7) is 7.15. The Morgan fingerprint density at radius 2 is 1.80 bits per heavy atom. The average Bonchev–Trinajstić information content (AvgIpc) is 2.66. The highest BCUT2D eigenvalue weighted by atomic mass is 16.2. The zero-order valence-electron chi connectivity index (χ0n) is 12.5. The number of aromatic amines is 1. The van der Waals surface area contributed by atoms with Gasteiger partial charge in [0.25, 0.3) is 11.5 Å². The van der Waals surface area contributed by atoms with Gasteiger partial charge in [-0.05, 0) is 19.8 Å². The van der Waals surface area contributed by atoms with E-state index in [0.717, 1.165) is 38.8 Å². The molecule has 0 aromatic carbocycles. The monoisotopic (exact) mass is 277 g/mol. The van der Waals surface area contributed by atoms with Crippen molar-refractivity contribution in [2.45, 2.75) is 52.4 Å². The second kappa shape index (κ2) is 6.20. The first-order chi connectivity index (χ1) is 9.50. The van der Waals surface area contributed by atoms with Gasteiger partial charge in [-0.25, -0.2) is 4.98 Å². The minimum absolute atomic E-state index is 0.142. The van der Waals surface area contributed by atoms with E-state index >= 15 is 0 Å². The van der Waals surface area contributed by atoms with Crippen LogP contribution >= 0.6 is 0 Å². The lowest BCUT2D eigenvalue weighted by Crippen LogP contribution is -2.37. The van der Waals surface area contributed by atoms with Gasteiger partial charge < -0.3 is 9.88 Å². The molecule has 0 bridgehead atoms. The molecule has 1 aliphatic heterocycles. The van der Waals surface area contributed by atoms with Gasteiger partial charge in [0.15, 0.2) is 0 Å². The third-order valence-electron chi connectivity index (χ3n) is 3.77. The Morgan fingerprint density at radius 1 is 1.20 bits per heavy atom. The molecule has 20 heavy (non-hydrogen) atoms. The summed E-state index contributed by atoms with van der Waals surface area (Å²) in [5.41, 5.74) is 0.429. The van der Waals surface area contributed by atoms with E-state index < -0.39 is 0 Å². The first kappa shape index (κ1) is 14.8. The summed E-state index contributed by atoms with van der Waals surface area (Å²) in [6, 6.07) is 0. The van der Waals surface area contributed by atoms with Crippen molar-refractivity contribution in [1.82, 2.24) is 14.9 Å². The number of amides is 1. The summed E-state index contributed by atoms with van der Waals surface area (Å²) in [5.74, 6) is 0.608. The number of likely N-dealkylation sites (tertiary alicyclic amines) is 1. The summed E-state index contributed by atoms with van der Waals surface area (Å²) in [4.78, 5) is 33.6. The molecule has 1 aromatic rings. The van der Waals surface area contributed by atoms with Crippen molar-refractivity contribution in [2.75, 3.05) is 13.1 Å². The molecule has 1 saturated heterocycles. The molecule has 1 aromatic heterocycles. The first-order valence-electron chi connectivity index (χ1n) is 7.40. The van der Waals surface area contributed by atoms with Crippen LogP contribution in [0.3, 0.4) is 0 Å². The van der Waals surface area contributed by atoms with Crippen molar-refractivity contribution in [1.29, 1.82) is 0 Å².